The number of methoxy groups -OCH3 is 1. The van der Waals surface area contributed by atoms with Gasteiger partial charge in [0.05, 0.1) is 7.11 Å². The molecule has 0 aliphatic carbocycles. The number of carbonyl (C=O) groups excluding carboxylic acids is 1. The van der Waals surface area contributed by atoms with Crippen LogP contribution in [0.3, 0.4) is 0 Å². The van der Waals surface area contributed by atoms with Crippen molar-refractivity contribution in [3.05, 3.63) is 46.2 Å². The smallest absolute Gasteiger partial charge is 0.251 e. The molecule has 2 aromatic rings. The third kappa shape index (κ3) is 5.40. The Kier molecular flexibility index (Phi) is 7.51. The topological polar surface area (TPSA) is 79.0 Å². The summed E-state index contributed by atoms with van der Waals surface area (Å²) in [6.07, 6.45) is 2.07. The number of amides is 1. The van der Waals surface area contributed by atoms with E-state index in [2.05, 4.69) is 27.7 Å². The van der Waals surface area contributed by atoms with Crippen LogP contribution in [0.5, 0.6) is 5.75 Å². The second kappa shape index (κ2) is 9.91. The molecular weight excluding hydrogens is 422 g/mol. The van der Waals surface area contributed by atoms with Crippen molar-refractivity contribution >= 4 is 27.3 Å². The van der Waals surface area contributed by atoms with Crippen LogP contribution in [0.2, 0.25) is 0 Å². The molecule has 0 saturated carbocycles. The lowest BCUT2D eigenvalue weighted by molar-refractivity contribution is 0.0935. The van der Waals surface area contributed by atoms with Gasteiger partial charge in [0.15, 0.2) is 0 Å². The molecule has 1 fully saturated rings. The zero-order chi connectivity index (χ0) is 21.7. The van der Waals surface area contributed by atoms with E-state index >= 15 is 0 Å². The molecule has 0 atom stereocenters. The highest BCUT2D eigenvalue weighted by molar-refractivity contribution is 7.89. The van der Waals surface area contributed by atoms with Crippen LogP contribution in [-0.4, -0.2) is 64.4 Å². The molecule has 30 heavy (non-hydrogen) atoms. The minimum atomic E-state index is -3.72. The molecular formula is C21H29N3O4S2. The van der Waals surface area contributed by atoms with E-state index in [9.17, 15) is 13.2 Å². The van der Waals surface area contributed by atoms with Gasteiger partial charge in [-0.25, -0.2) is 12.7 Å². The second-order valence-corrected chi connectivity index (χ2v) is 10.8. The lowest BCUT2D eigenvalue weighted by Crippen LogP contribution is -2.38. The van der Waals surface area contributed by atoms with Crippen LogP contribution in [-0.2, 0) is 16.6 Å². The summed E-state index contributed by atoms with van der Waals surface area (Å²) in [4.78, 5) is 16.5. The lowest BCUT2D eigenvalue weighted by Gasteiger charge is -2.31. The summed E-state index contributed by atoms with van der Waals surface area (Å²) in [6.45, 7) is 3.62. The Hall–Kier alpha value is -1.94. The first-order chi connectivity index (χ1) is 14.3. The molecule has 0 spiro atoms. The van der Waals surface area contributed by atoms with E-state index in [1.807, 2.05) is 0 Å². The van der Waals surface area contributed by atoms with E-state index in [-0.39, 0.29) is 16.6 Å². The van der Waals surface area contributed by atoms with Crippen LogP contribution in [0.25, 0.3) is 0 Å². The molecule has 2 heterocycles. The molecule has 3 rings (SSSR count). The van der Waals surface area contributed by atoms with Crippen LogP contribution in [0, 0.1) is 5.92 Å². The number of likely N-dealkylation sites (tertiary alicyclic amines) is 1. The minimum Gasteiger partial charge on any atom is -0.495 e. The van der Waals surface area contributed by atoms with E-state index in [1.165, 1.54) is 38.2 Å². The van der Waals surface area contributed by atoms with Gasteiger partial charge in [0.25, 0.3) is 5.91 Å². The van der Waals surface area contributed by atoms with Gasteiger partial charge >= 0.3 is 0 Å². The zero-order valence-electron chi connectivity index (χ0n) is 17.6. The molecule has 1 aromatic carbocycles. The predicted molar refractivity (Wildman–Crippen MR) is 119 cm³/mol. The fourth-order valence-electron chi connectivity index (χ4n) is 3.53. The number of nitrogens with one attached hydrogen (secondary N) is 1. The highest BCUT2D eigenvalue weighted by Gasteiger charge is 2.25. The summed E-state index contributed by atoms with van der Waals surface area (Å²) in [5.74, 6) is 0.379. The molecule has 1 saturated heterocycles. The highest BCUT2D eigenvalue weighted by atomic mass is 32.2. The number of hydrogen-bond acceptors (Lipinski definition) is 6. The molecule has 1 aliphatic heterocycles. The van der Waals surface area contributed by atoms with Gasteiger partial charge < -0.3 is 10.1 Å². The van der Waals surface area contributed by atoms with Gasteiger partial charge in [0.2, 0.25) is 10.0 Å². The number of hydrogen-bond donors (Lipinski definition) is 1. The fourth-order valence-corrected chi connectivity index (χ4v) is 5.35. The average Bonchev–Trinajstić information content (AvgIpc) is 3.25. The standard InChI is InChI=1S/C21H29N3O4S2/c1-23(2)30(26,27)20-13-17(6-7-19(20)28-3)21(25)22-14-16-8-10-24(11-9-16)15-18-5-4-12-29-18/h4-7,12-13,16H,8-11,14-15H2,1-3H3,(H,22,25). The third-order valence-corrected chi connectivity index (χ3v) is 8.10. The van der Waals surface area contributed by atoms with E-state index < -0.39 is 10.0 Å². The summed E-state index contributed by atoms with van der Waals surface area (Å²) in [5.41, 5.74) is 0.311. The number of nitrogens with zero attached hydrogens (tertiary/aromatic N) is 2. The number of benzene rings is 1. The number of sulfonamides is 1. The van der Waals surface area contributed by atoms with E-state index in [0.717, 1.165) is 36.8 Å². The maximum Gasteiger partial charge on any atom is 0.251 e. The molecule has 1 amide bonds. The van der Waals surface area contributed by atoms with Crippen molar-refractivity contribution in [1.29, 1.82) is 0 Å². The molecule has 9 heteroatoms. The first-order valence-electron chi connectivity index (χ1n) is 9.94. The highest BCUT2D eigenvalue weighted by Crippen LogP contribution is 2.27. The quantitative estimate of drug-likeness (QED) is 0.668. The number of rotatable bonds is 8. The normalized spacial score (nSPS) is 16.0. The fraction of sp³-hybridized carbons (Fsp3) is 0.476. The second-order valence-electron chi connectivity index (χ2n) is 7.66. The molecule has 164 valence electrons. The summed E-state index contributed by atoms with van der Waals surface area (Å²) >= 11 is 1.78. The van der Waals surface area contributed by atoms with Crippen molar-refractivity contribution in [2.75, 3.05) is 40.8 Å². The summed E-state index contributed by atoms with van der Waals surface area (Å²) in [5, 5.41) is 5.07. The molecule has 0 bridgehead atoms. The van der Waals surface area contributed by atoms with Crippen molar-refractivity contribution in [3.63, 3.8) is 0 Å². The maximum atomic E-state index is 12.6. The third-order valence-electron chi connectivity index (χ3n) is 5.40. The number of carbonyl (C=O) groups is 1. The number of thiophene rings is 1. The van der Waals surface area contributed by atoms with Crippen molar-refractivity contribution < 1.29 is 17.9 Å². The number of piperidine rings is 1. The molecule has 0 unspecified atom stereocenters. The van der Waals surface area contributed by atoms with Gasteiger partial charge in [-0.3, -0.25) is 9.69 Å². The Morgan fingerprint density at radius 3 is 2.60 bits per heavy atom. The predicted octanol–water partition coefficient (Wildman–Crippen LogP) is 2.65. The Bertz CT molecular complexity index is 951. The van der Waals surface area contributed by atoms with E-state index in [1.54, 1.807) is 17.4 Å². The van der Waals surface area contributed by atoms with Crippen LogP contribution < -0.4 is 10.1 Å². The van der Waals surface area contributed by atoms with Gasteiger partial charge in [-0.15, -0.1) is 11.3 Å². The molecule has 0 radical (unpaired) electrons. The lowest BCUT2D eigenvalue weighted by atomic mass is 9.96. The van der Waals surface area contributed by atoms with Gasteiger partial charge in [0, 0.05) is 37.6 Å². The summed E-state index contributed by atoms with van der Waals surface area (Å²) in [6, 6.07) is 8.74. The van der Waals surface area contributed by atoms with Crippen molar-refractivity contribution in [2.24, 2.45) is 5.92 Å². The van der Waals surface area contributed by atoms with Crippen molar-refractivity contribution in [1.82, 2.24) is 14.5 Å². The Morgan fingerprint density at radius 1 is 1.27 bits per heavy atom. The Morgan fingerprint density at radius 2 is 2.00 bits per heavy atom. The van der Waals surface area contributed by atoms with Crippen LogP contribution in [0.4, 0.5) is 0 Å². The summed E-state index contributed by atoms with van der Waals surface area (Å²) in [7, 11) is 0.598. The maximum absolute atomic E-state index is 12.6. The minimum absolute atomic E-state index is 0.00969. The first kappa shape index (κ1) is 22.7. The first-order valence-corrected chi connectivity index (χ1v) is 12.3. The zero-order valence-corrected chi connectivity index (χ0v) is 19.3. The van der Waals surface area contributed by atoms with Crippen LogP contribution in [0.1, 0.15) is 28.1 Å². The largest absolute Gasteiger partial charge is 0.495 e. The number of ether oxygens (including phenoxy) is 1. The SMILES string of the molecule is COc1ccc(C(=O)NCC2CCN(Cc3cccs3)CC2)cc1S(=O)(=O)N(C)C. The van der Waals surface area contributed by atoms with Crippen LogP contribution in [0.15, 0.2) is 40.6 Å². The molecule has 1 N–H and O–H groups in total. The van der Waals surface area contributed by atoms with Gasteiger partial charge in [0.1, 0.15) is 10.6 Å². The van der Waals surface area contributed by atoms with Crippen LogP contribution >= 0.6 is 11.3 Å². The molecule has 1 aliphatic rings. The van der Waals surface area contributed by atoms with Gasteiger partial charge in [-0.2, -0.15) is 0 Å². The van der Waals surface area contributed by atoms with Gasteiger partial charge in [-0.1, -0.05) is 6.07 Å². The van der Waals surface area contributed by atoms with E-state index in [4.69, 9.17) is 4.74 Å². The Balaban J connectivity index is 1.56. The summed E-state index contributed by atoms with van der Waals surface area (Å²) < 4.78 is 31.4. The monoisotopic (exact) mass is 451 g/mol. The average molecular weight is 452 g/mol. The van der Waals surface area contributed by atoms with Gasteiger partial charge in [-0.05, 0) is 61.5 Å². The molecule has 7 nitrogen and oxygen atoms in total. The van der Waals surface area contributed by atoms with Crippen molar-refractivity contribution in [2.45, 2.75) is 24.3 Å². The molecule has 1 aromatic heterocycles. The van der Waals surface area contributed by atoms with E-state index in [0.29, 0.717) is 18.0 Å². The van der Waals surface area contributed by atoms with Crippen molar-refractivity contribution in [3.8, 4) is 5.75 Å². The Labute approximate surface area is 182 Å².